The van der Waals surface area contributed by atoms with Crippen LogP contribution < -0.4 is 46.7 Å². The van der Waals surface area contributed by atoms with Gasteiger partial charge in [0.25, 0.3) is 8.32 Å². The van der Waals surface area contributed by atoms with Gasteiger partial charge in [0.1, 0.15) is 0 Å². The maximum atomic E-state index is 8.96. The van der Waals surface area contributed by atoms with Crippen LogP contribution in [0.25, 0.3) is 0 Å². The van der Waals surface area contributed by atoms with Gasteiger partial charge in [0, 0.05) is 0 Å². The Kier molecular flexibility index (Phi) is 16.4. The van der Waals surface area contributed by atoms with Gasteiger partial charge in [-0.05, 0) is 52.7 Å². The molecule has 7 heteroatoms. The molecule has 9 aromatic carbocycles. The van der Waals surface area contributed by atoms with Gasteiger partial charge in [-0.3, -0.25) is 0 Å². The van der Waals surface area contributed by atoms with Crippen molar-refractivity contribution in [2.75, 3.05) is 0 Å². The molecule has 0 aliphatic carbocycles. The third kappa shape index (κ3) is 10.4. The van der Waals surface area contributed by atoms with Crippen molar-refractivity contribution in [1.29, 1.82) is 0 Å². The molecule has 0 amide bonds. The van der Waals surface area contributed by atoms with Crippen LogP contribution >= 0.6 is 0 Å². The molecule has 0 aliphatic heterocycles. The van der Waals surface area contributed by atoms with E-state index in [0.717, 1.165) is 61.6 Å². The monoisotopic (exact) mass is 979 g/mol. The molecular formula is C63H63O3Si4. The largest absolute Gasteiger partial charge is 0.422 e. The molecule has 9 rings (SSSR count). The maximum absolute atomic E-state index is 8.96. The topological polar surface area (TPSA) is 27.7 Å². The van der Waals surface area contributed by atoms with E-state index in [0.29, 0.717) is 0 Å². The van der Waals surface area contributed by atoms with E-state index in [1.54, 1.807) is 0 Å². The number of hydrogen-bond donors (Lipinski definition) is 0. The lowest BCUT2D eigenvalue weighted by Gasteiger charge is -2.49. The number of benzene rings is 9. The van der Waals surface area contributed by atoms with E-state index in [4.69, 9.17) is 12.3 Å². The zero-order chi connectivity index (χ0) is 47.8. The van der Waals surface area contributed by atoms with Crippen molar-refractivity contribution in [3.05, 3.63) is 280 Å². The molecule has 0 aliphatic rings. The lowest BCUT2D eigenvalue weighted by Crippen LogP contribution is -2.83. The van der Waals surface area contributed by atoms with Gasteiger partial charge in [-0.25, -0.2) is 0 Å². The highest BCUT2D eigenvalue weighted by atomic mass is 28.5. The molecule has 0 saturated carbocycles. The fourth-order valence-corrected chi connectivity index (χ4v) is 32.4. The minimum absolute atomic E-state index is 0.886. The van der Waals surface area contributed by atoms with Crippen molar-refractivity contribution in [3.63, 3.8) is 0 Å². The summed E-state index contributed by atoms with van der Waals surface area (Å²) in [6.45, 7) is 4.11. The van der Waals surface area contributed by atoms with Crippen molar-refractivity contribution >= 4 is 80.4 Å². The molecule has 0 bridgehead atoms. The van der Waals surface area contributed by atoms with Crippen LogP contribution in [0.15, 0.2) is 273 Å². The molecule has 70 heavy (non-hydrogen) atoms. The molecule has 0 fully saturated rings. The van der Waals surface area contributed by atoms with E-state index in [-0.39, 0.29) is 0 Å². The lowest BCUT2D eigenvalue weighted by atomic mass is 10.1. The maximum Gasteiger partial charge on any atom is 0.389 e. The van der Waals surface area contributed by atoms with Gasteiger partial charge in [0.2, 0.25) is 8.32 Å². The van der Waals surface area contributed by atoms with Gasteiger partial charge in [-0.15, -0.1) is 0 Å². The average Bonchev–Trinajstić information content (AvgIpc) is 3.45. The van der Waals surface area contributed by atoms with E-state index in [9.17, 15) is 0 Å². The Morgan fingerprint density at radius 3 is 0.786 bits per heavy atom. The van der Waals surface area contributed by atoms with Crippen LogP contribution in [0.2, 0.25) is 6.04 Å². The smallest absolute Gasteiger partial charge is 0.389 e. The van der Waals surface area contributed by atoms with Gasteiger partial charge in [-0.2, -0.15) is 0 Å². The van der Waals surface area contributed by atoms with Crippen LogP contribution in [0, 0.1) is 6.92 Å². The van der Waals surface area contributed by atoms with Crippen molar-refractivity contribution in [2.24, 2.45) is 0 Å². The molecule has 0 aromatic heterocycles. The van der Waals surface area contributed by atoms with E-state index in [1.807, 2.05) is 0 Å². The molecule has 1 radical (unpaired) electrons. The van der Waals surface area contributed by atoms with Crippen molar-refractivity contribution < 1.29 is 12.3 Å². The van der Waals surface area contributed by atoms with E-state index in [1.165, 1.54) is 36.1 Å². The quantitative estimate of drug-likeness (QED) is 0.0364. The fraction of sp³-hybridized carbons (Fsp3) is 0.127. The fourth-order valence-electron chi connectivity index (χ4n) is 10.1. The summed E-state index contributed by atoms with van der Waals surface area (Å²) in [4.78, 5) is 0. The molecule has 9 aromatic rings. The molecule has 349 valence electrons. The van der Waals surface area contributed by atoms with Gasteiger partial charge in [0.05, 0.1) is 0 Å². The standard InChI is InChI=1S/C63H63O3Si4/c1-2-3-4-5-6-7-35-54-67(55-36-17-8-18-37-55,56-38-19-9-20-39-56)64-69(60-46-27-13-28-47-60,61-48-29-14-30-49-61)66-70(62-50-31-15-32-51-62,63-52-33-16-34-53-63)65-68(57-40-21-10-22-41-57,58-42-23-11-24-43-58)59-44-25-12-26-45-59/h8-34,36-53H,1-7,35,54H2. The SMILES string of the molecule is [CH2]CCCCCCCC[Si](O[Si](O[Si](O[Si](c1ccccc1)(c1ccccc1)c1ccccc1)(c1ccccc1)c1ccccc1)(c1ccccc1)c1ccccc1)(c1ccccc1)c1ccccc1. The molecule has 0 atom stereocenters. The third-order valence-corrected chi connectivity index (χ3v) is 32.2. The Hall–Kier alpha value is -6.27. The highest BCUT2D eigenvalue weighted by molar-refractivity contribution is 7.16. The zero-order valence-corrected chi connectivity index (χ0v) is 44.1. The first-order valence-corrected chi connectivity index (χ1v) is 32.7. The highest BCUT2D eigenvalue weighted by Crippen LogP contribution is 2.29. The van der Waals surface area contributed by atoms with Crippen molar-refractivity contribution in [1.82, 2.24) is 0 Å². The van der Waals surface area contributed by atoms with Crippen LogP contribution in [0.5, 0.6) is 0 Å². The first-order chi connectivity index (χ1) is 34.6. The Balaban J connectivity index is 1.38. The summed E-state index contributed by atoms with van der Waals surface area (Å²) >= 11 is 0. The van der Waals surface area contributed by atoms with Gasteiger partial charge in [-0.1, -0.05) is 325 Å². The van der Waals surface area contributed by atoms with E-state index < -0.39 is 33.8 Å². The van der Waals surface area contributed by atoms with Gasteiger partial charge >= 0.3 is 17.1 Å². The predicted molar refractivity (Wildman–Crippen MR) is 303 cm³/mol. The first kappa shape index (κ1) is 48.7. The second-order valence-corrected chi connectivity index (χ2v) is 31.7. The summed E-state index contributed by atoms with van der Waals surface area (Å²) < 4.78 is 26.7. The molecule has 3 nitrogen and oxygen atoms in total. The van der Waals surface area contributed by atoms with E-state index >= 15 is 0 Å². The molecule has 0 heterocycles. The Bertz CT molecular complexity index is 2680. The molecule has 0 unspecified atom stereocenters. The second kappa shape index (κ2) is 23.6. The summed E-state index contributed by atoms with van der Waals surface area (Å²) in [5, 5.41) is 10.00. The van der Waals surface area contributed by atoms with Crippen LogP contribution in [-0.2, 0) is 12.3 Å². The van der Waals surface area contributed by atoms with Gasteiger partial charge < -0.3 is 12.3 Å². The Morgan fingerprint density at radius 2 is 0.486 bits per heavy atom. The second-order valence-electron chi connectivity index (χ2n) is 18.1. The van der Waals surface area contributed by atoms with Gasteiger partial charge in [0.15, 0.2) is 0 Å². The lowest BCUT2D eigenvalue weighted by molar-refractivity contribution is 0.359. The van der Waals surface area contributed by atoms with E-state index in [2.05, 4.69) is 280 Å². The zero-order valence-electron chi connectivity index (χ0n) is 40.1. The molecule has 0 spiro atoms. The predicted octanol–water partition coefficient (Wildman–Crippen LogP) is 9.54. The highest BCUT2D eigenvalue weighted by Gasteiger charge is 2.61. The first-order valence-electron chi connectivity index (χ1n) is 25.0. The Morgan fingerprint density at radius 1 is 0.243 bits per heavy atom. The molecule has 0 N–H and O–H groups in total. The summed E-state index contributed by atoms with van der Waals surface area (Å²) in [6.07, 6.45) is 7.93. The number of unbranched alkanes of at least 4 members (excludes halogenated alkanes) is 6. The van der Waals surface area contributed by atoms with Crippen LogP contribution in [-0.4, -0.2) is 33.8 Å². The molecular weight excluding hydrogens is 917 g/mol. The number of rotatable bonds is 23. The summed E-state index contributed by atoms with van der Waals surface area (Å²) in [7, 11) is -14.9. The number of hydrogen-bond acceptors (Lipinski definition) is 3. The normalized spacial score (nSPS) is 12.1. The summed E-state index contributed by atoms with van der Waals surface area (Å²) in [5.74, 6) is 0. The van der Waals surface area contributed by atoms with Crippen molar-refractivity contribution in [2.45, 2.75) is 51.0 Å². The van der Waals surface area contributed by atoms with Crippen molar-refractivity contribution in [3.8, 4) is 0 Å². The molecule has 0 saturated heterocycles. The van der Waals surface area contributed by atoms with Crippen LogP contribution in [0.4, 0.5) is 0 Å². The van der Waals surface area contributed by atoms with Crippen LogP contribution in [0.1, 0.15) is 44.9 Å². The Labute approximate surface area is 421 Å². The van der Waals surface area contributed by atoms with Crippen LogP contribution in [0.3, 0.4) is 0 Å². The minimum atomic E-state index is -4.08. The average molecular weight is 981 g/mol. The third-order valence-electron chi connectivity index (χ3n) is 13.6. The summed E-state index contributed by atoms with van der Waals surface area (Å²) in [5.41, 5.74) is 0. The minimum Gasteiger partial charge on any atom is -0.422 e. The summed E-state index contributed by atoms with van der Waals surface area (Å²) in [6, 6.07) is 99.5.